The van der Waals surface area contributed by atoms with E-state index in [2.05, 4.69) is 16.3 Å². The van der Waals surface area contributed by atoms with E-state index in [1.165, 1.54) is 12.7 Å². The molecule has 0 radical (unpaired) electrons. The van der Waals surface area contributed by atoms with Gasteiger partial charge in [0.25, 0.3) is 11.1 Å². The predicted molar refractivity (Wildman–Crippen MR) is 132 cm³/mol. The molecule has 9 heteroatoms. The standard InChI is InChI=1S/C25H27N3O5S/c1-32-20-10-9-17(14-21(20)33-2)15-22-24(30)28(25(31)34-22)13-11-26-23(29)16-27-12-5-7-18-6-3-4-8-19(18)27/h3-4,6,8-10,14-15H,5,7,11-13,16H2,1-2H3,(H,26,29). The van der Waals surface area contributed by atoms with Gasteiger partial charge in [0, 0.05) is 25.3 Å². The van der Waals surface area contributed by atoms with Crippen molar-refractivity contribution in [1.82, 2.24) is 10.2 Å². The van der Waals surface area contributed by atoms with E-state index in [4.69, 9.17) is 9.47 Å². The number of carbonyl (C=O) groups excluding carboxylic acids is 3. The second-order valence-corrected chi connectivity index (χ2v) is 8.94. The van der Waals surface area contributed by atoms with Gasteiger partial charge in [-0.2, -0.15) is 0 Å². The van der Waals surface area contributed by atoms with Gasteiger partial charge in [0.2, 0.25) is 5.91 Å². The fraction of sp³-hybridized carbons (Fsp3) is 0.320. The summed E-state index contributed by atoms with van der Waals surface area (Å²) in [5, 5.41) is 2.48. The van der Waals surface area contributed by atoms with E-state index in [1.54, 1.807) is 31.4 Å². The van der Waals surface area contributed by atoms with Crippen molar-refractivity contribution >= 4 is 40.6 Å². The Kier molecular flexibility index (Phi) is 7.42. The Morgan fingerprint density at radius 1 is 1.12 bits per heavy atom. The summed E-state index contributed by atoms with van der Waals surface area (Å²) in [6.07, 6.45) is 3.68. The lowest BCUT2D eigenvalue weighted by Crippen LogP contribution is -2.43. The molecule has 0 atom stereocenters. The Bertz CT molecular complexity index is 1130. The average Bonchev–Trinajstić information content (AvgIpc) is 3.11. The highest BCUT2D eigenvalue weighted by Crippen LogP contribution is 2.34. The number of amides is 3. The number of benzene rings is 2. The molecule has 0 spiro atoms. The fourth-order valence-electron chi connectivity index (χ4n) is 4.10. The Hall–Kier alpha value is -3.46. The summed E-state index contributed by atoms with van der Waals surface area (Å²) in [7, 11) is 3.08. The highest BCUT2D eigenvalue weighted by Gasteiger charge is 2.34. The first-order chi connectivity index (χ1) is 16.5. The van der Waals surface area contributed by atoms with Crippen molar-refractivity contribution in [3.05, 3.63) is 58.5 Å². The van der Waals surface area contributed by atoms with E-state index in [0.29, 0.717) is 16.4 Å². The zero-order chi connectivity index (χ0) is 24.1. The van der Waals surface area contributed by atoms with Crippen LogP contribution in [0.1, 0.15) is 17.5 Å². The molecular formula is C25H27N3O5S. The smallest absolute Gasteiger partial charge is 0.293 e. The van der Waals surface area contributed by atoms with Crippen molar-refractivity contribution in [3.8, 4) is 11.5 Å². The van der Waals surface area contributed by atoms with Crippen LogP contribution in [-0.2, 0) is 16.0 Å². The van der Waals surface area contributed by atoms with Gasteiger partial charge < -0.3 is 19.7 Å². The molecule has 1 saturated heterocycles. The zero-order valence-electron chi connectivity index (χ0n) is 19.2. The molecule has 0 bridgehead atoms. The number of carbonyl (C=O) groups is 3. The molecule has 1 fully saturated rings. The molecule has 4 rings (SSSR count). The zero-order valence-corrected chi connectivity index (χ0v) is 20.0. The molecule has 0 saturated carbocycles. The number of fused-ring (bicyclic) bond motifs is 1. The summed E-state index contributed by atoms with van der Waals surface area (Å²) in [4.78, 5) is 41.2. The van der Waals surface area contributed by atoms with Crippen LogP contribution < -0.4 is 19.7 Å². The van der Waals surface area contributed by atoms with Gasteiger partial charge in [-0.25, -0.2) is 0 Å². The van der Waals surface area contributed by atoms with Gasteiger partial charge in [-0.1, -0.05) is 24.3 Å². The van der Waals surface area contributed by atoms with Crippen LogP contribution in [-0.4, -0.2) is 62.4 Å². The Labute approximate surface area is 202 Å². The maximum Gasteiger partial charge on any atom is 0.293 e. The summed E-state index contributed by atoms with van der Waals surface area (Å²) in [5.41, 5.74) is 3.06. The number of nitrogens with zero attached hydrogens (tertiary/aromatic N) is 2. The number of imide groups is 1. The SMILES string of the molecule is COc1ccc(C=C2SC(=O)N(CCNC(=O)CN3CCCc4ccccc43)C2=O)cc1OC. The minimum absolute atomic E-state index is 0.121. The first-order valence-corrected chi connectivity index (χ1v) is 11.9. The van der Waals surface area contributed by atoms with Crippen LogP contribution >= 0.6 is 11.8 Å². The number of aryl methyl sites for hydroxylation is 1. The highest BCUT2D eigenvalue weighted by atomic mass is 32.2. The lowest BCUT2D eigenvalue weighted by Gasteiger charge is -2.30. The molecule has 0 aromatic heterocycles. The number of thioether (sulfide) groups is 1. The van der Waals surface area contributed by atoms with E-state index in [-0.39, 0.29) is 36.7 Å². The molecule has 8 nitrogen and oxygen atoms in total. The number of hydrogen-bond acceptors (Lipinski definition) is 7. The van der Waals surface area contributed by atoms with Gasteiger partial charge in [0.05, 0.1) is 25.7 Å². The molecule has 34 heavy (non-hydrogen) atoms. The molecule has 2 aliphatic rings. The second kappa shape index (κ2) is 10.6. The molecule has 3 amide bonds. The Balaban J connectivity index is 1.32. The topological polar surface area (TPSA) is 88.2 Å². The number of para-hydroxylation sites is 1. The number of ether oxygens (including phenoxy) is 2. The molecule has 2 aromatic carbocycles. The Morgan fingerprint density at radius 3 is 2.71 bits per heavy atom. The van der Waals surface area contributed by atoms with Crippen LogP contribution in [0.4, 0.5) is 10.5 Å². The number of hydrogen-bond donors (Lipinski definition) is 1. The third-order valence-corrected chi connectivity index (χ3v) is 6.68. The van der Waals surface area contributed by atoms with Gasteiger partial charge >= 0.3 is 0 Å². The summed E-state index contributed by atoms with van der Waals surface area (Å²) < 4.78 is 10.5. The lowest BCUT2D eigenvalue weighted by atomic mass is 10.0. The fourth-order valence-corrected chi connectivity index (χ4v) is 4.96. The van der Waals surface area contributed by atoms with Gasteiger partial charge in [-0.05, 0) is 60.0 Å². The predicted octanol–water partition coefficient (Wildman–Crippen LogP) is 3.31. The summed E-state index contributed by atoms with van der Waals surface area (Å²) in [6.45, 7) is 1.40. The maximum atomic E-state index is 12.8. The van der Waals surface area contributed by atoms with Gasteiger partial charge in [0.1, 0.15) is 0 Å². The quantitative estimate of drug-likeness (QED) is 0.579. The molecule has 1 N–H and O–H groups in total. The largest absolute Gasteiger partial charge is 0.493 e. The molecule has 2 aromatic rings. The maximum absolute atomic E-state index is 12.8. The summed E-state index contributed by atoms with van der Waals surface area (Å²) >= 11 is 0.885. The number of rotatable bonds is 8. The van der Waals surface area contributed by atoms with Crippen molar-refractivity contribution in [1.29, 1.82) is 0 Å². The number of methoxy groups -OCH3 is 2. The third kappa shape index (κ3) is 5.20. The second-order valence-electron chi connectivity index (χ2n) is 7.95. The van der Waals surface area contributed by atoms with Gasteiger partial charge in [-0.3, -0.25) is 19.3 Å². The van der Waals surface area contributed by atoms with Crippen LogP contribution in [0.15, 0.2) is 47.4 Å². The average molecular weight is 482 g/mol. The van der Waals surface area contributed by atoms with Gasteiger partial charge in [0.15, 0.2) is 11.5 Å². The van der Waals surface area contributed by atoms with E-state index in [0.717, 1.165) is 47.3 Å². The molecular weight excluding hydrogens is 454 g/mol. The van der Waals surface area contributed by atoms with E-state index < -0.39 is 0 Å². The molecule has 2 aliphatic heterocycles. The van der Waals surface area contributed by atoms with Crippen molar-refractivity contribution in [2.24, 2.45) is 0 Å². The van der Waals surface area contributed by atoms with Crippen LogP contribution in [0, 0.1) is 0 Å². The highest BCUT2D eigenvalue weighted by molar-refractivity contribution is 8.18. The monoisotopic (exact) mass is 481 g/mol. The Morgan fingerprint density at radius 2 is 1.91 bits per heavy atom. The minimum atomic E-state index is -0.371. The normalized spacial score (nSPS) is 16.6. The van der Waals surface area contributed by atoms with Crippen molar-refractivity contribution < 1.29 is 23.9 Å². The van der Waals surface area contributed by atoms with E-state index >= 15 is 0 Å². The van der Waals surface area contributed by atoms with E-state index in [1.807, 2.05) is 18.2 Å². The van der Waals surface area contributed by atoms with Crippen LogP contribution in [0.5, 0.6) is 11.5 Å². The molecule has 0 aliphatic carbocycles. The van der Waals surface area contributed by atoms with Gasteiger partial charge in [-0.15, -0.1) is 0 Å². The van der Waals surface area contributed by atoms with Crippen LogP contribution in [0.3, 0.4) is 0 Å². The third-order valence-electron chi connectivity index (χ3n) is 5.78. The summed E-state index contributed by atoms with van der Waals surface area (Å²) in [6, 6.07) is 13.4. The molecule has 2 heterocycles. The van der Waals surface area contributed by atoms with E-state index in [9.17, 15) is 14.4 Å². The molecule has 0 unspecified atom stereocenters. The van der Waals surface area contributed by atoms with Crippen molar-refractivity contribution in [2.75, 3.05) is 45.3 Å². The van der Waals surface area contributed by atoms with Crippen LogP contribution in [0.2, 0.25) is 0 Å². The number of nitrogens with one attached hydrogen (secondary N) is 1. The summed E-state index contributed by atoms with van der Waals surface area (Å²) in [5.74, 6) is 0.611. The number of anilines is 1. The van der Waals surface area contributed by atoms with Crippen molar-refractivity contribution in [3.63, 3.8) is 0 Å². The first kappa shape index (κ1) is 23.7. The van der Waals surface area contributed by atoms with Crippen LogP contribution in [0.25, 0.3) is 6.08 Å². The minimum Gasteiger partial charge on any atom is -0.493 e. The lowest BCUT2D eigenvalue weighted by molar-refractivity contribution is -0.124. The van der Waals surface area contributed by atoms with Crippen molar-refractivity contribution in [2.45, 2.75) is 12.8 Å². The molecule has 178 valence electrons. The first-order valence-electron chi connectivity index (χ1n) is 11.1.